The summed E-state index contributed by atoms with van der Waals surface area (Å²) >= 11 is 0. The zero-order chi connectivity index (χ0) is 14.3. The third-order valence-electron chi connectivity index (χ3n) is 3.54. The molecule has 0 aliphatic rings. The van der Waals surface area contributed by atoms with Crippen molar-refractivity contribution in [2.45, 2.75) is 59.3 Å². The van der Waals surface area contributed by atoms with E-state index in [0.717, 1.165) is 0 Å². The Morgan fingerprint density at radius 1 is 0.833 bits per heavy atom. The SMILES string of the molecule is Cc1c(N(C)C)cc(C(C)(C)C)cc1C(C)(C)C. The van der Waals surface area contributed by atoms with E-state index in [1.54, 1.807) is 0 Å². The lowest BCUT2D eigenvalue weighted by molar-refractivity contribution is 0.565. The van der Waals surface area contributed by atoms with Crippen molar-refractivity contribution in [3.8, 4) is 0 Å². The Morgan fingerprint density at radius 2 is 1.33 bits per heavy atom. The summed E-state index contributed by atoms with van der Waals surface area (Å²) in [6.45, 7) is 16.0. The van der Waals surface area contributed by atoms with Gasteiger partial charge in [0, 0.05) is 19.8 Å². The standard InChI is InChI=1S/C17H29N/c1-12-14(17(5,6)7)10-13(16(2,3)4)11-15(12)18(8)9/h10-11H,1-9H3. The van der Waals surface area contributed by atoms with Crippen LogP contribution in [-0.2, 0) is 10.8 Å². The molecular formula is C17H29N. The second-order valence-corrected chi connectivity index (χ2v) is 7.56. The first-order valence-corrected chi connectivity index (χ1v) is 6.77. The summed E-state index contributed by atoms with van der Waals surface area (Å²) in [5.74, 6) is 0. The molecule has 0 saturated carbocycles. The van der Waals surface area contributed by atoms with Crippen LogP contribution in [0.25, 0.3) is 0 Å². The molecule has 0 aliphatic heterocycles. The molecule has 0 N–H and O–H groups in total. The van der Waals surface area contributed by atoms with Gasteiger partial charge < -0.3 is 4.90 Å². The summed E-state index contributed by atoms with van der Waals surface area (Å²) < 4.78 is 0. The van der Waals surface area contributed by atoms with E-state index < -0.39 is 0 Å². The lowest BCUT2D eigenvalue weighted by Crippen LogP contribution is -2.21. The van der Waals surface area contributed by atoms with Gasteiger partial charge >= 0.3 is 0 Å². The second-order valence-electron chi connectivity index (χ2n) is 7.56. The minimum atomic E-state index is 0.191. The smallest absolute Gasteiger partial charge is 0.0396 e. The van der Waals surface area contributed by atoms with E-state index in [1.165, 1.54) is 22.4 Å². The van der Waals surface area contributed by atoms with Crippen LogP contribution in [0.4, 0.5) is 5.69 Å². The molecule has 0 bridgehead atoms. The van der Waals surface area contributed by atoms with Gasteiger partial charge in [-0.25, -0.2) is 0 Å². The van der Waals surface area contributed by atoms with E-state index in [2.05, 4.69) is 79.6 Å². The molecule has 0 aliphatic carbocycles. The predicted octanol–water partition coefficient (Wildman–Crippen LogP) is 4.66. The van der Waals surface area contributed by atoms with Crippen molar-refractivity contribution in [3.05, 3.63) is 28.8 Å². The van der Waals surface area contributed by atoms with Gasteiger partial charge in [-0.2, -0.15) is 0 Å². The van der Waals surface area contributed by atoms with Gasteiger partial charge in [0.25, 0.3) is 0 Å². The van der Waals surface area contributed by atoms with Crippen molar-refractivity contribution in [3.63, 3.8) is 0 Å². The van der Waals surface area contributed by atoms with Crippen molar-refractivity contribution in [2.24, 2.45) is 0 Å². The van der Waals surface area contributed by atoms with Crippen LogP contribution in [0.1, 0.15) is 58.2 Å². The number of anilines is 1. The van der Waals surface area contributed by atoms with Crippen molar-refractivity contribution >= 4 is 5.69 Å². The average Bonchev–Trinajstić information content (AvgIpc) is 2.13. The molecule has 0 radical (unpaired) electrons. The highest BCUT2D eigenvalue weighted by Gasteiger charge is 2.23. The molecule has 0 fully saturated rings. The van der Waals surface area contributed by atoms with E-state index in [-0.39, 0.29) is 10.8 Å². The van der Waals surface area contributed by atoms with Gasteiger partial charge in [0.05, 0.1) is 0 Å². The molecule has 0 amide bonds. The Kier molecular flexibility index (Phi) is 3.86. The quantitative estimate of drug-likeness (QED) is 0.698. The summed E-state index contributed by atoms with van der Waals surface area (Å²) in [7, 11) is 4.25. The molecule has 1 heteroatoms. The van der Waals surface area contributed by atoms with Gasteiger partial charge in [0.2, 0.25) is 0 Å². The molecule has 0 saturated heterocycles. The third-order valence-corrected chi connectivity index (χ3v) is 3.54. The Balaban J connectivity index is 3.58. The Bertz CT molecular complexity index is 428. The maximum absolute atomic E-state index is 2.39. The van der Waals surface area contributed by atoms with Crippen molar-refractivity contribution < 1.29 is 0 Å². The Labute approximate surface area is 113 Å². The van der Waals surface area contributed by atoms with Gasteiger partial charge in [-0.05, 0) is 40.5 Å². The van der Waals surface area contributed by atoms with Crippen LogP contribution in [0.5, 0.6) is 0 Å². The van der Waals surface area contributed by atoms with Gasteiger partial charge in [-0.15, -0.1) is 0 Å². The van der Waals surface area contributed by atoms with E-state index in [4.69, 9.17) is 0 Å². The highest BCUT2D eigenvalue weighted by Crippen LogP contribution is 2.36. The highest BCUT2D eigenvalue weighted by atomic mass is 15.1. The lowest BCUT2D eigenvalue weighted by Gasteiger charge is -2.30. The first-order valence-electron chi connectivity index (χ1n) is 6.77. The molecule has 18 heavy (non-hydrogen) atoms. The maximum atomic E-state index is 2.39. The molecule has 0 heterocycles. The number of nitrogens with zero attached hydrogens (tertiary/aromatic N) is 1. The van der Waals surface area contributed by atoms with Gasteiger partial charge in [0.1, 0.15) is 0 Å². The molecule has 0 unspecified atom stereocenters. The molecule has 102 valence electrons. The fraction of sp³-hybridized carbons (Fsp3) is 0.647. The normalized spacial score (nSPS) is 12.7. The van der Waals surface area contributed by atoms with Gasteiger partial charge in [-0.1, -0.05) is 47.6 Å². The molecule has 0 aromatic heterocycles. The summed E-state index contributed by atoms with van der Waals surface area (Å²) in [6.07, 6.45) is 0. The second kappa shape index (κ2) is 4.60. The van der Waals surface area contributed by atoms with Crippen molar-refractivity contribution in [1.82, 2.24) is 0 Å². The van der Waals surface area contributed by atoms with Crippen LogP contribution in [0, 0.1) is 6.92 Å². The van der Waals surface area contributed by atoms with Crippen LogP contribution in [0.3, 0.4) is 0 Å². The molecular weight excluding hydrogens is 218 g/mol. The number of hydrogen-bond acceptors (Lipinski definition) is 1. The van der Waals surface area contributed by atoms with E-state index in [0.29, 0.717) is 0 Å². The summed E-state index contributed by atoms with van der Waals surface area (Å²) in [6, 6.07) is 4.73. The fourth-order valence-electron chi connectivity index (χ4n) is 2.38. The van der Waals surface area contributed by atoms with Crippen LogP contribution >= 0.6 is 0 Å². The Morgan fingerprint density at radius 3 is 1.67 bits per heavy atom. The van der Waals surface area contributed by atoms with Crippen LogP contribution < -0.4 is 4.90 Å². The number of hydrogen-bond donors (Lipinski definition) is 0. The van der Waals surface area contributed by atoms with Crippen molar-refractivity contribution in [2.75, 3.05) is 19.0 Å². The zero-order valence-electron chi connectivity index (χ0n) is 13.6. The number of benzene rings is 1. The molecule has 1 rings (SSSR count). The summed E-state index contributed by atoms with van der Waals surface area (Å²) in [5, 5.41) is 0. The Hall–Kier alpha value is -0.980. The molecule has 0 spiro atoms. The summed E-state index contributed by atoms with van der Waals surface area (Å²) in [5.41, 5.74) is 6.00. The molecule has 1 nitrogen and oxygen atoms in total. The minimum absolute atomic E-state index is 0.191. The van der Waals surface area contributed by atoms with E-state index >= 15 is 0 Å². The molecule has 1 aromatic carbocycles. The average molecular weight is 247 g/mol. The van der Waals surface area contributed by atoms with Crippen LogP contribution in [0.15, 0.2) is 12.1 Å². The third kappa shape index (κ3) is 3.07. The highest BCUT2D eigenvalue weighted by molar-refractivity contribution is 5.59. The molecule has 0 atom stereocenters. The van der Waals surface area contributed by atoms with E-state index in [9.17, 15) is 0 Å². The minimum Gasteiger partial charge on any atom is -0.377 e. The largest absolute Gasteiger partial charge is 0.377 e. The van der Waals surface area contributed by atoms with Gasteiger partial charge in [-0.3, -0.25) is 0 Å². The van der Waals surface area contributed by atoms with E-state index in [1.807, 2.05) is 0 Å². The first kappa shape index (κ1) is 15.1. The van der Waals surface area contributed by atoms with Gasteiger partial charge in [0.15, 0.2) is 0 Å². The van der Waals surface area contributed by atoms with Crippen molar-refractivity contribution in [1.29, 1.82) is 0 Å². The fourth-order valence-corrected chi connectivity index (χ4v) is 2.38. The molecule has 1 aromatic rings. The van der Waals surface area contributed by atoms with Crippen LogP contribution in [0.2, 0.25) is 0 Å². The summed E-state index contributed by atoms with van der Waals surface area (Å²) in [4.78, 5) is 2.22. The number of rotatable bonds is 1. The maximum Gasteiger partial charge on any atom is 0.0396 e. The zero-order valence-corrected chi connectivity index (χ0v) is 13.6. The lowest BCUT2D eigenvalue weighted by atomic mass is 9.78. The van der Waals surface area contributed by atoms with Crippen LogP contribution in [-0.4, -0.2) is 14.1 Å². The topological polar surface area (TPSA) is 3.24 Å². The predicted molar refractivity (Wildman–Crippen MR) is 82.9 cm³/mol. The first-order chi connectivity index (χ1) is 7.94. The monoisotopic (exact) mass is 247 g/mol.